The second-order valence-corrected chi connectivity index (χ2v) is 5.51. The molecule has 116 valence electrons. The van der Waals surface area contributed by atoms with E-state index in [9.17, 15) is 4.79 Å². The van der Waals surface area contributed by atoms with Gasteiger partial charge in [0.05, 0.1) is 19.8 Å². The van der Waals surface area contributed by atoms with Crippen molar-refractivity contribution in [2.75, 3.05) is 14.2 Å². The lowest BCUT2D eigenvalue weighted by Crippen LogP contribution is -2.40. The zero-order valence-electron chi connectivity index (χ0n) is 13.3. The van der Waals surface area contributed by atoms with E-state index in [0.29, 0.717) is 17.1 Å². The van der Waals surface area contributed by atoms with Crippen molar-refractivity contribution >= 4 is 5.91 Å². The van der Waals surface area contributed by atoms with Gasteiger partial charge >= 0.3 is 0 Å². The van der Waals surface area contributed by atoms with E-state index in [4.69, 9.17) is 9.47 Å². The van der Waals surface area contributed by atoms with Crippen molar-refractivity contribution in [2.45, 2.75) is 19.4 Å². The van der Waals surface area contributed by atoms with E-state index in [-0.39, 0.29) is 5.91 Å². The Labute approximate surface area is 131 Å². The third-order valence-corrected chi connectivity index (χ3v) is 3.57. The van der Waals surface area contributed by atoms with Crippen LogP contribution in [-0.2, 0) is 5.54 Å². The number of ether oxygens (including phenoxy) is 2. The Hall–Kier alpha value is -2.49. The van der Waals surface area contributed by atoms with E-state index in [1.807, 2.05) is 44.2 Å². The van der Waals surface area contributed by atoms with Crippen LogP contribution in [0.3, 0.4) is 0 Å². The first-order valence-corrected chi connectivity index (χ1v) is 7.08. The molecule has 0 saturated heterocycles. The molecule has 2 aromatic rings. The molecular weight excluding hydrogens is 278 g/mol. The third-order valence-electron chi connectivity index (χ3n) is 3.57. The molecular formula is C18H21NO3. The summed E-state index contributed by atoms with van der Waals surface area (Å²) in [6, 6.07) is 15.0. The van der Waals surface area contributed by atoms with Gasteiger partial charge in [0.1, 0.15) is 0 Å². The molecule has 0 unspecified atom stereocenters. The molecule has 4 heteroatoms. The van der Waals surface area contributed by atoms with Crippen LogP contribution in [0, 0.1) is 0 Å². The summed E-state index contributed by atoms with van der Waals surface area (Å²) < 4.78 is 10.4. The van der Waals surface area contributed by atoms with Crippen LogP contribution >= 0.6 is 0 Å². The lowest BCUT2D eigenvalue weighted by atomic mass is 9.94. The topological polar surface area (TPSA) is 47.6 Å². The monoisotopic (exact) mass is 299 g/mol. The average molecular weight is 299 g/mol. The molecule has 2 aromatic carbocycles. The van der Waals surface area contributed by atoms with Gasteiger partial charge in [0.15, 0.2) is 11.5 Å². The maximum atomic E-state index is 12.5. The van der Waals surface area contributed by atoms with Crippen LogP contribution in [-0.4, -0.2) is 20.1 Å². The molecule has 0 aromatic heterocycles. The van der Waals surface area contributed by atoms with Gasteiger partial charge in [-0.05, 0) is 37.6 Å². The maximum Gasteiger partial charge on any atom is 0.252 e. The van der Waals surface area contributed by atoms with Gasteiger partial charge in [-0.2, -0.15) is 0 Å². The van der Waals surface area contributed by atoms with Crippen LogP contribution in [0.5, 0.6) is 11.5 Å². The fraction of sp³-hybridized carbons (Fsp3) is 0.278. The number of amides is 1. The molecule has 0 fully saturated rings. The van der Waals surface area contributed by atoms with Crippen LogP contribution in [0.1, 0.15) is 29.8 Å². The number of carbonyl (C=O) groups excluding carboxylic acids is 1. The summed E-state index contributed by atoms with van der Waals surface area (Å²) in [5.74, 6) is 0.976. The maximum absolute atomic E-state index is 12.5. The van der Waals surface area contributed by atoms with Gasteiger partial charge in [-0.25, -0.2) is 0 Å². The summed E-state index contributed by atoms with van der Waals surface area (Å²) in [7, 11) is 3.11. The fourth-order valence-electron chi connectivity index (χ4n) is 2.26. The van der Waals surface area contributed by atoms with Crippen LogP contribution < -0.4 is 14.8 Å². The summed E-state index contributed by atoms with van der Waals surface area (Å²) >= 11 is 0. The number of carbonyl (C=O) groups is 1. The van der Waals surface area contributed by atoms with Crippen molar-refractivity contribution in [3.8, 4) is 11.5 Å². The molecule has 4 nitrogen and oxygen atoms in total. The smallest absolute Gasteiger partial charge is 0.252 e. The minimum atomic E-state index is -0.467. The van der Waals surface area contributed by atoms with Gasteiger partial charge in [-0.1, -0.05) is 30.3 Å². The minimum absolute atomic E-state index is 0.158. The number of benzene rings is 2. The van der Waals surface area contributed by atoms with E-state index in [1.165, 1.54) is 0 Å². The number of methoxy groups -OCH3 is 2. The fourth-order valence-corrected chi connectivity index (χ4v) is 2.26. The van der Waals surface area contributed by atoms with Crippen LogP contribution in [0.4, 0.5) is 0 Å². The normalized spacial score (nSPS) is 10.9. The first-order valence-electron chi connectivity index (χ1n) is 7.08. The van der Waals surface area contributed by atoms with E-state index < -0.39 is 5.54 Å². The zero-order valence-corrected chi connectivity index (χ0v) is 13.3. The molecule has 0 spiro atoms. The molecule has 0 aliphatic heterocycles. The predicted molar refractivity (Wildman–Crippen MR) is 86.5 cm³/mol. The Balaban J connectivity index is 2.22. The summed E-state index contributed by atoms with van der Waals surface area (Å²) in [5.41, 5.74) is 1.11. The summed E-state index contributed by atoms with van der Waals surface area (Å²) in [6.07, 6.45) is 0. The van der Waals surface area contributed by atoms with Crippen molar-refractivity contribution in [3.05, 3.63) is 59.7 Å². The van der Waals surface area contributed by atoms with Gasteiger partial charge in [0.25, 0.3) is 5.91 Å². The molecule has 0 heterocycles. The van der Waals surface area contributed by atoms with Crippen LogP contribution in [0.2, 0.25) is 0 Å². The number of nitrogens with one attached hydrogen (secondary N) is 1. The van der Waals surface area contributed by atoms with Crippen molar-refractivity contribution in [3.63, 3.8) is 0 Å². The van der Waals surface area contributed by atoms with Gasteiger partial charge in [-0.15, -0.1) is 0 Å². The van der Waals surface area contributed by atoms with Gasteiger partial charge in [-0.3, -0.25) is 4.79 Å². The lowest BCUT2D eigenvalue weighted by Gasteiger charge is -2.27. The number of hydrogen-bond donors (Lipinski definition) is 1. The van der Waals surface area contributed by atoms with E-state index in [1.54, 1.807) is 32.4 Å². The highest BCUT2D eigenvalue weighted by Gasteiger charge is 2.23. The Bertz CT molecular complexity index is 651. The Morgan fingerprint density at radius 2 is 1.59 bits per heavy atom. The molecule has 0 atom stereocenters. The first kappa shape index (κ1) is 15.9. The molecule has 1 N–H and O–H groups in total. The second-order valence-electron chi connectivity index (χ2n) is 5.51. The molecule has 0 bridgehead atoms. The van der Waals surface area contributed by atoms with Crippen molar-refractivity contribution in [2.24, 2.45) is 0 Å². The predicted octanol–water partition coefficient (Wildman–Crippen LogP) is 3.37. The van der Waals surface area contributed by atoms with Gasteiger partial charge < -0.3 is 14.8 Å². The van der Waals surface area contributed by atoms with Crippen LogP contribution in [0.15, 0.2) is 48.5 Å². The Kier molecular flexibility index (Phi) is 4.71. The molecule has 0 radical (unpaired) electrons. The highest BCUT2D eigenvalue weighted by atomic mass is 16.5. The molecule has 0 aliphatic rings. The first-order chi connectivity index (χ1) is 10.5. The minimum Gasteiger partial charge on any atom is -0.493 e. The molecule has 1 amide bonds. The molecule has 22 heavy (non-hydrogen) atoms. The van der Waals surface area contributed by atoms with Gasteiger partial charge in [0.2, 0.25) is 0 Å². The standard InChI is InChI=1S/C18H21NO3/c1-18(2,14-8-6-5-7-9-14)19-17(20)13-10-11-15(21-3)16(12-13)22-4/h5-12H,1-4H3,(H,19,20). The van der Waals surface area contributed by atoms with Crippen molar-refractivity contribution in [1.82, 2.24) is 5.32 Å². The van der Waals surface area contributed by atoms with E-state index in [0.717, 1.165) is 5.56 Å². The van der Waals surface area contributed by atoms with E-state index >= 15 is 0 Å². The zero-order chi connectivity index (χ0) is 16.2. The molecule has 0 aliphatic carbocycles. The highest BCUT2D eigenvalue weighted by molar-refractivity contribution is 5.95. The quantitative estimate of drug-likeness (QED) is 0.921. The Morgan fingerprint density at radius 3 is 2.18 bits per heavy atom. The molecule has 0 saturated carbocycles. The van der Waals surface area contributed by atoms with Crippen molar-refractivity contribution in [1.29, 1.82) is 0 Å². The average Bonchev–Trinajstić information content (AvgIpc) is 2.54. The summed E-state index contributed by atoms with van der Waals surface area (Å²) in [5, 5.41) is 3.04. The summed E-state index contributed by atoms with van der Waals surface area (Å²) in [4.78, 5) is 12.5. The highest BCUT2D eigenvalue weighted by Crippen LogP contribution is 2.28. The molecule has 2 rings (SSSR count). The third kappa shape index (κ3) is 3.39. The van der Waals surface area contributed by atoms with Crippen LogP contribution in [0.25, 0.3) is 0 Å². The largest absolute Gasteiger partial charge is 0.493 e. The van der Waals surface area contributed by atoms with Crippen molar-refractivity contribution < 1.29 is 14.3 Å². The number of rotatable bonds is 5. The van der Waals surface area contributed by atoms with E-state index in [2.05, 4.69) is 5.32 Å². The Morgan fingerprint density at radius 1 is 0.955 bits per heavy atom. The summed E-state index contributed by atoms with van der Waals surface area (Å²) in [6.45, 7) is 3.95. The second kappa shape index (κ2) is 6.52. The van der Waals surface area contributed by atoms with Gasteiger partial charge in [0, 0.05) is 5.56 Å². The SMILES string of the molecule is COc1ccc(C(=O)NC(C)(C)c2ccccc2)cc1OC. The number of hydrogen-bond acceptors (Lipinski definition) is 3. The lowest BCUT2D eigenvalue weighted by molar-refractivity contribution is 0.0911.